The molecule has 8 heteroatoms. The molecule has 29 heavy (non-hydrogen) atoms. The highest BCUT2D eigenvalue weighted by molar-refractivity contribution is 6.31. The van der Waals surface area contributed by atoms with Gasteiger partial charge in [-0.15, -0.1) is 0 Å². The molecular formula is C21H15Cl2FN2O3. The molecule has 3 aromatic carbocycles. The molecule has 0 heterocycles. The predicted octanol–water partition coefficient (Wildman–Crippen LogP) is 5.40. The van der Waals surface area contributed by atoms with Gasteiger partial charge in [-0.05, 0) is 60.7 Å². The molecule has 0 atom stereocenters. The van der Waals surface area contributed by atoms with Gasteiger partial charge >= 0.3 is 0 Å². The van der Waals surface area contributed by atoms with Crippen LogP contribution in [0.3, 0.4) is 0 Å². The summed E-state index contributed by atoms with van der Waals surface area (Å²) in [5.41, 5.74) is 1.09. The fraction of sp³-hybridized carbons (Fsp3) is 0.0476. The van der Waals surface area contributed by atoms with Crippen molar-refractivity contribution < 1.29 is 18.7 Å². The van der Waals surface area contributed by atoms with Crippen molar-refractivity contribution in [2.75, 3.05) is 17.2 Å². The van der Waals surface area contributed by atoms with Crippen molar-refractivity contribution in [1.29, 1.82) is 0 Å². The van der Waals surface area contributed by atoms with Gasteiger partial charge in [0.1, 0.15) is 11.6 Å². The molecule has 0 unspecified atom stereocenters. The van der Waals surface area contributed by atoms with Crippen molar-refractivity contribution in [3.05, 3.63) is 88.2 Å². The Kier molecular flexibility index (Phi) is 6.69. The zero-order valence-corrected chi connectivity index (χ0v) is 16.4. The first-order valence-corrected chi connectivity index (χ1v) is 9.21. The third-order valence-corrected chi connectivity index (χ3v) is 4.31. The van der Waals surface area contributed by atoms with E-state index in [1.54, 1.807) is 42.5 Å². The summed E-state index contributed by atoms with van der Waals surface area (Å²) in [6.07, 6.45) is 0. The van der Waals surface area contributed by atoms with E-state index in [0.29, 0.717) is 27.7 Å². The molecule has 0 bridgehead atoms. The summed E-state index contributed by atoms with van der Waals surface area (Å²) in [4.78, 5) is 24.5. The van der Waals surface area contributed by atoms with Gasteiger partial charge in [0.2, 0.25) is 0 Å². The maximum absolute atomic E-state index is 13.2. The van der Waals surface area contributed by atoms with Crippen molar-refractivity contribution >= 4 is 46.4 Å². The molecule has 0 aliphatic rings. The molecule has 5 nitrogen and oxygen atoms in total. The Hall–Kier alpha value is -3.09. The molecule has 0 aromatic heterocycles. The Morgan fingerprint density at radius 3 is 2.34 bits per heavy atom. The van der Waals surface area contributed by atoms with Crippen molar-refractivity contribution in [2.45, 2.75) is 0 Å². The van der Waals surface area contributed by atoms with Gasteiger partial charge in [-0.25, -0.2) is 4.39 Å². The molecular weight excluding hydrogens is 418 g/mol. The van der Waals surface area contributed by atoms with E-state index in [4.69, 9.17) is 27.9 Å². The average molecular weight is 433 g/mol. The molecule has 2 N–H and O–H groups in total. The SMILES string of the molecule is O=C(COc1ccc(Cl)cc1)Nc1cccc(C(=O)Nc2ccc(F)c(Cl)c2)c1. The van der Waals surface area contributed by atoms with E-state index in [-0.39, 0.29) is 17.5 Å². The minimum absolute atomic E-state index is 0.0931. The van der Waals surface area contributed by atoms with Crippen LogP contribution in [0, 0.1) is 5.82 Å². The lowest BCUT2D eigenvalue weighted by molar-refractivity contribution is -0.118. The van der Waals surface area contributed by atoms with Crippen LogP contribution in [-0.4, -0.2) is 18.4 Å². The summed E-state index contributed by atoms with van der Waals surface area (Å²) in [5.74, 6) is -0.880. The summed E-state index contributed by atoms with van der Waals surface area (Å²) in [6, 6.07) is 16.9. The van der Waals surface area contributed by atoms with Crippen LogP contribution in [0.2, 0.25) is 10.0 Å². The van der Waals surface area contributed by atoms with Crippen molar-refractivity contribution in [3.63, 3.8) is 0 Å². The molecule has 0 saturated heterocycles. The number of nitrogens with one attached hydrogen (secondary N) is 2. The summed E-state index contributed by atoms with van der Waals surface area (Å²) in [7, 11) is 0. The first kappa shape index (κ1) is 20.6. The van der Waals surface area contributed by atoms with Crippen LogP contribution in [0.1, 0.15) is 10.4 Å². The standard InChI is InChI=1S/C21H15Cl2FN2O3/c22-14-4-7-17(8-5-14)29-12-20(27)25-15-3-1-2-13(10-15)21(28)26-16-6-9-19(24)18(23)11-16/h1-11H,12H2,(H,25,27)(H,26,28). The Bertz CT molecular complexity index is 1040. The van der Waals surface area contributed by atoms with Gasteiger partial charge in [-0.3, -0.25) is 9.59 Å². The molecule has 0 saturated carbocycles. The monoisotopic (exact) mass is 432 g/mol. The van der Waals surface area contributed by atoms with E-state index in [0.717, 1.165) is 6.07 Å². The smallest absolute Gasteiger partial charge is 0.262 e. The number of hydrogen-bond donors (Lipinski definition) is 2. The van der Waals surface area contributed by atoms with Gasteiger partial charge in [0.15, 0.2) is 6.61 Å². The second-order valence-corrected chi connectivity index (χ2v) is 6.80. The Morgan fingerprint density at radius 1 is 0.897 bits per heavy atom. The van der Waals surface area contributed by atoms with E-state index < -0.39 is 11.7 Å². The lowest BCUT2D eigenvalue weighted by atomic mass is 10.2. The van der Waals surface area contributed by atoms with Crippen LogP contribution in [0.4, 0.5) is 15.8 Å². The molecule has 2 amide bonds. The van der Waals surface area contributed by atoms with Crippen LogP contribution in [0.5, 0.6) is 5.75 Å². The van der Waals surface area contributed by atoms with E-state index in [1.165, 1.54) is 18.2 Å². The number of ether oxygens (including phenoxy) is 1. The molecule has 0 radical (unpaired) electrons. The summed E-state index contributed by atoms with van der Waals surface area (Å²) in [6.45, 7) is -0.202. The van der Waals surface area contributed by atoms with Gasteiger partial charge in [0.25, 0.3) is 11.8 Å². The quantitative estimate of drug-likeness (QED) is 0.547. The van der Waals surface area contributed by atoms with Gasteiger partial charge < -0.3 is 15.4 Å². The van der Waals surface area contributed by atoms with Crippen LogP contribution in [0.15, 0.2) is 66.7 Å². The minimum atomic E-state index is -0.574. The summed E-state index contributed by atoms with van der Waals surface area (Å²) < 4.78 is 18.6. The molecule has 0 aliphatic carbocycles. The molecule has 3 rings (SSSR count). The zero-order chi connectivity index (χ0) is 20.8. The first-order valence-electron chi connectivity index (χ1n) is 8.45. The third-order valence-electron chi connectivity index (χ3n) is 3.77. The van der Waals surface area contributed by atoms with Crippen LogP contribution in [-0.2, 0) is 4.79 Å². The fourth-order valence-corrected chi connectivity index (χ4v) is 2.70. The van der Waals surface area contributed by atoms with Gasteiger partial charge in [-0.2, -0.15) is 0 Å². The van der Waals surface area contributed by atoms with E-state index in [9.17, 15) is 14.0 Å². The average Bonchev–Trinajstić information content (AvgIpc) is 2.70. The summed E-state index contributed by atoms with van der Waals surface area (Å²) in [5, 5.41) is 5.75. The topological polar surface area (TPSA) is 67.4 Å². The van der Waals surface area contributed by atoms with E-state index in [1.807, 2.05) is 0 Å². The maximum Gasteiger partial charge on any atom is 0.262 e. The van der Waals surface area contributed by atoms with Crippen molar-refractivity contribution in [2.24, 2.45) is 0 Å². The van der Waals surface area contributed by atoms with Crippen LogP contribution in [0.25, 0.3) is 0 Å². The third kappa shape index (κ3) is 5.94. The second-order valence-electron chi connectivity index (χ2n) is 5.95. The van der Waals surface area contributed by atoms with E-state index >= 15 is 0 Å². The maximum atomic E-state index is 13.2. The number of hydrogen-bond acceptors (Lipinski definition) is 3. The highest BCUT2D eigenvalue weighted by atomic mass is 35.5. The van der Waals surface area contributed by atoms with E-state index in [2.05, 4.69) is 10.6 Å². The van der Waals surface area contributed by atoms with Crippen LogP contribution < -0.4 is 15.4 Å². The number of amides is 2. The molecule has 148 valence electrons. The number of rotatable bonds is 6. The normalized spacial score (nSPS) is 10.3. The van der Waals surface area contributed by atoms with Gasteiger partial charge in [0.05, 0.1) is 5.02 Å². The molecule has 0 fully saturated rings. The highest BCUT2D eigenvalue weighted by Crippen LogP contribution is 2.20. The molecule has 0 spiro atoms. The highest BCUT2D eigenvalue weighted by Gasteiger charge is 2.10. The lowest BCUT2D eigenvalue weighted by Gasteiger charge is -2.10. The minimum Gasteiger partial charge on any atom is -0.484 e. The first-order chi connectivity index (χ1) is 13.9. The number of carbonyl (C=O) groups is 2. The zero-order valence-electron chi connectivity index (χ0n) is 14.9. The lowest BCUT2D eigenvalue weighted by Crippen LogP contribution is -2.20. The van der Waals surface area contributed by atoms with Gasteiger partial charge in [0, 0.05) is 22.0 Å². The molecule has 3 aromatic rings. The Morgan fingerprint density at radius 2 is 1.62 bits per heavy atom. The number of benzene rings is 3. The van der Waals surface area contributed by atoms with Gasteiger partial charge in [-0.1, -0.05) is 29.3 Å². The molecule has 0 aliphatic heterocycles. The number of carbonyl (C=O) groups excluding carboxylic acids is 2. The number of anilines is 2. The second kappa shape index (κ2) is 9.41. The Labute approximate surface area is 176 Å². The summed E-state index contributed by atoms with van der Waals surface area (Å²) >= 11 is 11.5. The van der Waals surface area contributed by atoms with Crippen molar-refractivity contribution in [1.82, 2.24) is 0 Å². The largest absolute Gasteiger partial charge is 0.484 e. The Balaban J connectivity index is 1.59. The van der Waals surface area contributed by atoms with Crippen LogP contribution >= 0.6 is 23.2 Å². The fourth-order valence-electron chi connectivity index (χ4n) is 2.39. The van der Waals surface area contributed by atoms with Crippen molar-refractivity contribution in [3.8, 4) is 5.75 Å². The predicted molar refractivity (Wildman–Crippen MR) is 111 cm³/mol. The number of halogens is 3.